The number of ether oxygens (including phenoxy) is 2. The van der Waals surface area contributed by atoms with Gasteiger partial charge in [-0.05, 0) is 18.9 Å². The number of aliphatic imine (C=N–C) groups is 1. The van der Waals surface area contributed by atoms with Crippen molar-refractivity contribution < 1.29 is 9.47 Å². The molecule has 13 heavy (non-hydrogen) atoms. The third kappa shape index (κ3) is 2.21. The second-order valence-corrected chi connectivity index (χ2v) is 2.56. The summed E-state index contributed by atoms with van der Waals surface area (Å²) in [6, 6.07) is 5.63. The van der Waals surface area contributed by atoms with Crippen LogP contribution in [0, 0.1) is 0 Å². The Morgan fingerprint density at radius 3 is 2.62 bits per heavy atom. The van der Waals surface area contributed by atoms with Crippen LogP contribution in [-0.2, 0) is 6.54 Å². The Labute approximate surface area is 78.0 Å². The minimum absolute atomic E-state index is 0.563. The number of nitrogens with zero attached hydrogens (tertiary/aromatic N) is 1. The molecule has 3 heteroatoms. The highest BCUT2D eigenvalue weighted by molar-refractivity contribution is 5.41. The van der Waals surface area contributed by atoms with Crippen molar-refractivity contribution in [2.24, 2.45) is 4.99 Å². The lowest BCUT2D eigenvalue weighted by Gasteiger charge is -2.07. The van der Waals surface area contributed by atoms with Crippen molar-refractivity contribution in [1.82, 2.24) is 0 Å². The summed E-state index contributed by atoms with van der Waals surface area (Å²) in [4.78, 5) is 3.80. The largest absolute Gasteiger partial charge is 0.497 e. The van der Waals surface area contributed by atoms with Gasteiger partial charge < -0.3 is 9.47 Å². The van der Waals surface area contributed by atoms with E-state index in [9.17, 15) is 0 Å². The normalized spacial score (nSPS) is 9.38. The summed E-state index contributed by atoms with van der Waals surface area (Å²) in [5, 5.41) is 0. The quantitative estimate of drug-likeness (QED) is 0.661. The van der Waals surface area contributed by atoms with E-state index < -0.39 is 0 Å². The zero-order valence-corrected chi connectivity index (χ0v) is 7.91. The molecule has 0 radical (unpaired) electrons. The second kappa shape index (κ2) is 4.50. The van der Waals surface area contributed by atoms with Crippen LogP contribution in [0.15, 0.2) is 23.2 Å². The van der Waals surface area contributed by atoms with Crippen LogP contribution in [0.4, 0.5) is 0 Å². The van der Waals surface area contributed by atoms with E-state index in [2.05, 4.69) is 11.7 Å². The fourth-order valence-corrected chi connectivity index (χ4v) is 1.10. The van der Waals surface area contributed by atoms with E-state index >= 15 is 0 Å². The molecule has 0 spiro atoms. The van der Waals surface area contributed by atoms with Crippen molar-refractivity contribution in [1.29, 1.82) is 0 Å². The van der Waals surface area contributed by atoms with Crippen molar-refractivity contribution in [3.8, 4) is 11.5 Å². The van der Waals surface area contributed by atoms with Gasteiger partial charge in [0.15, 0.2) is 0 Å². The SMILES string of the molecule is C=NCc1ccc(OC)cc1OC. The first kappa shape index (κ1) is 9.58. The van der Waals surface area contributed by atoms with Gasteiger partial charge in [0.1, 0.15) is 11.5 Å². The average Bonchev–Trinajstić information content (AvgIpc) is 2.19. The van der Waals surface area contributed by atoms with Gasteiger partial charge in [-0.1, -0.05) is 0 Å². The first-order valence-electron chi connectivity index (χ1n) is 3.95. The summed E-state index contributed by atoms with van der Waals surface area (Å²) in [6.45, 7) is 4.00. The number of hydrogen-bond acceptors (Lipinski definition) is 3. The summed E-state index contributed by atoms with van der Waals surface area (Å²) in [6.07, 6.45) is 0. The van der Waals surface area contributed by atoms with Crippen LogP contribution in [0.2, 0.25) is 0 Å². The third-order valence-corrected chi connectivity index (χ3v) is 1.78. The van der Waals surface area contributed by atoms with Gasteiger partial charge in [-0.15, -0.1) is 0 Å². The van der Waals surface area contributed by atoms with E-state index in [0.29, 0.717) is 6.54 Å². The first-order valence-corrected chi connectivity index (χ1v) is 3.95. The molecular weight excluding hydrogens is 166 g/mol. The van der Waals surface area contributed by atoms with Crippen molar-refractivity contribution in [3.05, 3.63) is 23.8 Å². The molecule has 0 bridgehead atoms. The highest BCUT2D eigenvalue weighted by Crippen LogP contribution is 2.24. The van der Waals surface area contributed by atoms with E-state index in [0.717, 1.165) is 17.1 Å². The molecule has 0 aliphatic carbocycles. The van der Waals surface area contributed by atoms with Crippen LogP contribution in [0.3, 0.4) is 0 Å². The molecule has 0 saturated carbocycles. The van der Waals surface area contributed by atoms with Gasteiger partial charge in [0, 0.05) is 11.6 Å². The van der Waals surface area contributed by atoms with Crippen LogP contribution in [0.25, 0.3) is 0 Å². The minimum Gasteiger partial charge on any atom is -0.497 e. The first-order chi connectivity index (χ1) is 6.31. The third-order valence-electron chi connectivity index (χ3n) is 1.78. The molecule has 0 saturated heterocycles. The van der Waals surface area contributed by atoms with E-state index in [-0.39, 0.29) is 0 Å². The number of rotatable bonds is 4. The van der Waals surface area contributed by atoms with E-state index in [4.69, 9.17) is 9.47 Å². The van der Waals surface area contributed by atoms with Gasteiger partial charge in [0.2, 0.25) is 0 Å². The lowest BCUT2D eigenvalue weighted by molar-refractivity contribution is 0.391. The Kier molecular flexibility index (Phi) is 3.31. The second-order valence-electron chi connectivity index (χ2n) is 2.56. The molecular formula is C10H13NO2. The smallest absolute Gasteiger partial charge is 0.127 e. The molecule has 0 aliphatic rings. The maximum absolute atomic E-state index is 5.17. The highest BCUT2D eigenvalue weighted by Gasteiger charge is 2.02. The summed E-state index contributed by atoms with van der Waals surface area (Å²) < 4.78 is 10.2. The maximum atomic E-state index is 5.17. The van der Waals surface area contributed by atoms with Crippen LogP contribution in [0.5, 0.6) is 11.5 Å². The molecule has 70 valence electrons. The van der Waals surface area contributed by atoms with Gasteiger partial charge >= 0.3 is 0 Å². The Morgan fingerprint density at radius 1 is 1.31 bits per heavy atom. The zero-order chi connectivity index (χ0) is 9.68. The summed E-state index contributed by atoms with van der Waals surface area (Å²) in [5.74, 6) is 1.57. The summed E-state index contributed by atoms with van der Waals surface area (Å²) in [7, 11) is 3.25. The molecule has 0 fully saturated rings. The summed E-state index contributed by atoms with van der Waals surface area (Å²) in [5.41, 5.74) is 1.01. The Morgan fingerprint density at radius 2 is 2.08 bits per heavy atom. The molecule has 3 nitrogen and oxygen atoms in total. The van der Waals surface area contributed by atoms with Crippen LogP contribution in [0.1, 0.15) is 5.56 Å². The summed E-state index contributed by atoms with van der Waals surface area (Å²) >= 11 is 0. The molecule has 1 rings (SSSR count). The van der Waals surface area contributed by atoms with Crippen molar-refractivity contribution in [2.75, 3.05) is 14.2 Å². The molecule has 0 N–H and O–H groups in total. The van der Waals surface area contributed by atoms with Crippen molar-refractivity contribution >= 4 is 6.72 Å². The van der Waals surface area contributed by atoms with Gasteiger partial charge in [-0.2, -0.15) is 0 Å². The van der Waals surface area contributed by atoms with Crippen molar-refractivity contribution in [2.45, 2.75) is 6.54 Å². The lowest BCUT2D eigenvalue weighted by Crippen LogP contribution is -1.92. The standard InChI is InChI=1S/C10H13NO2/c1-11-7-8-4-5-9(12-2)6-10(8)13-3/h4-6H,1,7H2,2-3H3. The molecule has 0 unspecified atom stereocenters. The van der Waals surface area contributed by atoms with Gasteiger partial charge in [-0.25, -0.2) is 0 Å². The number of benzene rings is 1. The predicted molar refractivity (Wildman–Crippen MR) is 52.8 cm³/mol. The molecule has 0 amide bonds. The molecule has 0 aromatic heterocycles. The van der Waals surface area contributed by atoms with Gasteiger partial charge in [-0.3, -0.25) is 4.99 Å². The molecule has 0 atom stereocenters. The minimum atomic E-state index is 0.563. The lowest BCUT2D eigenvalue weighted by atomic mass is 10.2. The van der Waals surface area contributed by atoms with Gasteiger partial charge in [0.05, 0.1) is 20.8 Å². The average molecular weight is 179 g/mol. The predicted octanol–water partition coefficient (Wildman–Crippen LogP) is 1.90. The fraction of sp³-hybridized carbons (Fsp3) is 0.300. The van der Waals surface area contributed by atoms with E-state index in [1.54, 1.807) is 14.2 Å². The highest BCUT2D eigenvalue weighted by atomic mass is 16.5. The van der Waals surface area contributed by atoms with E-state index in [1.807, 2.05) is 18.2 Å². The number of hydrogen-bond donors (Lipinski definition) is 0. The van der Waals surface area contributed by atoms with Crippen LogP contribution >= 0.6 is 0 Å². The van der Waals surface area contributed by atoms with Gasteiger partial charge in [0.25, 0.3) is 0 Å². The zero-order valence-electron chi connectivity index (χ0n) is 7.91. The van der Waals surface area contributed by atoms with Crippen LogP contribution in [-0.4, -0.2) is 20.9 Å². The Bertz CT molecular complexity index is 297. The van der Waals surface area contributed by atoms with E-state index in [1.165, 1.54) is 0 Å². The monoisotopic (exact) mass is 179 g/mol. The van der Waals surface area contributed by atoms with Crippen molar-refractivity contribution in [3.63, 3.8) is 0 Å². The Balaban J connectivity index is 3.00. The topological polar surface area (TPSA) is 30.8 Å². The number of methoxy groups -OCH3 is 2. The van der Waals surface area contributed by atoms with Crippen LogP contribution < -0.4 is 9.47 Å². The Hall–Kier alpha value is -1.51. The molecule has 1 aromatic carbocycles. The molecule has 0 aliphatic heterocycles. The fourth-order valence-electron chi connectivity index (χ4n) is 1.10. The molecule has 1 aromatic rings. The maximum Gasteiger partial charge on any atom is 0.127 e. The molecule has 0 heterocycles.